The van der Waals surface area contributed by atoms with Crippen molar-refractivity contribution in [2.45, 2.75) is 45.1 Å². The lowest BCUT2D eigenvalue weighted by atomic mass is 10.1. The van der Waals surface area contributed by atoms with Gasteiger partial charge in [0.15, 0.2) is 0 Å². The molecule has 1 aliphatic rings. The summed E-state index contributed by atoms with van der Waals surface area (Å²) in [6.07, 6.45) is 5.74. The number of nitrogens with one attached hydrogen (secondary N) is 3. The molecule has 0 aromatic heterocycles. The largest absolute Gasteiger partial charge is 0.495 e. The minimum absolute atomic E-state index is 0.203. The van der Waals surface area contributed by atoms with Crippen LogP contribution in [0.1, 0.15) is 39.0 Å². The van der Waals surface area contributed by atoms with Gasteiger partial charge in [-0.3, -0.25) is 4.79 Å². The van der Waals surface area contributed by atoms with E-state index in [0.29, 0.717) is 29.8 Å². The molecule has 0 bridgehead atoms. The Bertz CT molecular complexity index is 586. The number of rotatable bonds is 8. The summed E-state index contributed by atoms with van der Waals surface area (Å²) in [6, 6.07) is 4.82. The molecule has 3 amide bonds. The first-order valence-corrected chi connectivity index (χ1v) is 8.70. The molecule has 138 valence electrons. The smallest absolute Gasteiger partial charge is 0.319 e. The maximum absolute atomic E-state index is 12.0. The number of benzene rings is 1. The predicted octanol–water partition coefficient (Wildman–Crippen LogP) is 3.12. The molecule has 1 heterocycles. The molecule has 1 aliphatic heterocycles. The van der Waals surface area contributed by atoms with Crippen LogP contribution in [0.4, 0.5) is 16.2 Å². The summed E-state index contributed by atoms with van der Waals surface area (Å²) in [5.74, 6) is 0.335. The molecule has 7 nitrogen and oxygen atoms in total. The summed E-state index contributed by atoms with van der Waals surface area (Å²) >= 11 is 0. The number of urea groups is 1. The van der Waals surface area contributed by atoms with Gasteiger partial charge in [-0.05, 0) is 50.3 Å². The van der Waals surface area contributed by atoms with Gasteiger partial charge >= 0.3 is 6.03 Å². The monoisotopic (exact) mass is 349 g/mol. The Kier molecular flexibility index (Phi) is 7.53. The second-order valence-electron chi connectivity index (χ2n) is 6.11. The second kappa shape index (κ2) is 9.88. The van der Waals surface area contributed by atoms with Crippen LogP contribution < -0.4 is 20.7 Å². The van der Waals surface area contributed by atoms with Gasteiger partial charge < -0.3 is 25.4 Å². The highest BCUT2D eigenvalue weighted by atomic mass is 16.5. The Hall–Kier alpha value is -2.28. The van der Waals surface area contributed by atoms with Gasteiger partial charge in [-0.2, -0.15) is 0 Å². The van der Waals surface area contributed by atoms with Crippen LogP contribution in [0.3, 0.4) is 0 Å². The molecule has 1 atom stereocenters. The Morgan fingerprint density at radius 2 is 2.12 bits per heavy atom. The van der Waals surface area contributed by atoms with Gasteiger partial charge in [0.2, 0.25) is 5.91 Å². The van der Waals surface area contributed by atoms with Crippen LogP contribution in [0.15, 0.2) is 18.2 Å². The van der Waals surface area contributed by atoms with Crippen LogP contribution in [0.5, 0.6) is 5.75 Å². The van der Waals surface area contributed by atoms with Crippen molar-refractivity contribution in [1.29, 1.82) is 0 Å². The third-order valence-electron chi connectivity index (χ3n) is 4.03. The van der Waals surface area contributed by atoms with E-state index in [1.807, 2.05) is 0 Å². The first kappa shape index (κ1) is 19.1. The summed E-state index contributed by atoms with van der Waals surface area (Å²) < 4.78 is 10.8. The van der Waals surface area contributed by atoms with E-state index in [-0.39, 0.29) is 11.9 Å². The highest BCUT2D eigenvalue weighted by Crippen LogP contribution is 2.27. The van der Waals surface area contributed by atoms with Gasteiger partial charge in [0.1, 0.15) is 5.75 Å². The maximum Gasteiger partial charge on any atom is 0.319 e. The van der Waals surface area contributed by atoms with Gasteiger partial charge in [-0.1, -0.05) is 0 Å². The zero-order valence-electron chi connectivity index (χ0n) is 14.9. The van der Waals surface area contributed by atoms with E-state index < -0.39 is 0 Å². The number of carbonyl (C=O) groups is 2. The summed E-state index contributed by atoms with van der Waals surface area (Å²) in [5.41, 5.74) is 1.10. The molecule has 7 heteroatoms. The van der Waals surface area contributed by atoms with Crippen LogP contribution in [-0.2, 0) is 9.53 Å². The number of unbranched alkanes of at least 4 members (excludes halogenated alkanes) is 1. The van der Waals surface area contributed by atoms with Crippen molar-refractivity contribution >= 4 is 23.3 Å². The number of ether oxygens (including phenoxy) is 2. The highest BCUT2D eigenvalue weighted by molar-refractivity contribution is 5.94. The molecule has 1 aromatic carbocycles. The molecular formula is C18H27N3O4. The van der Waals surface area contributed by atoms with Crippen molar-refractivity contribution in [2.24, 2.45) is 0 Å². The Morgan fingerprint density at radius 1 is 1.28 bits per heavy atom. The Balaban J connectivity index is 1.72. The Labute approximate surface area is 148 Å². The second-order valence-corrected chi connectivity index (χ2v) is 6.11. The van der Waals surface area contributed by atoms with Crippen molar-refractivity contribution < 1.29 is 19.1 Å². The summed E-state index contributed by atoms with van der Waals surface area (Å²) in [5, 5.41) is 8.27. The zero-order chi connectivity index (χ0) is 18.1. The van der Waals surface area contributed by atoms with Crippen LogP contribution >= 0.6 is 0 Å². The standard InChI is InChI=1S/C18H27N3O4/c1-13(22)20-16-12-14(8-9-17(16)24-2)21-18(23)19-10-4-3-6-15-7-5-11-25-15/h8-9,12,15H,3-7,10-11H2,1-2H3,(H,20,22)(H2,19,21,23)/t15-/m0/s1. The fourth-order valence-electron chi connectivity index (χ4n) is 2.82. The van der Waals surface area contributed by atoms with Crippen LogP contribution in [0, 0.1) is 0 Å². The van der Waals surface area contributed by atoms with E-state index in [1.165, 1.54) is 14.0 Å². The molecule has 0 aliphatic carbocycles. The summed E-state index contributed by atoms with van der Waals surface area (Å²) in [6.45, 7) is 2.92. The highest BCUT2D eigenvalue weighted by Gasteiger charge is 2.14. The predicted molar refractivity (Wildman–Crippen MR) is 97.1 cm³/mol. The lowest BCUT2D eigenvalue weighted by Crippen LogP contribution is -2.29. The molecule has 0 saturated carbocycles. The SMILES string of the molecule is COc1ccc(NC(=O)NCCCC[C@H]2CCCO2)cc1NC(C)=O. The topological polar surface area (TPSA) is 88.7 Å². The molecule has 2 rings (SSSR count). The van der Waals surface area contributed by atoms with Gasteiger partial charge in [0, 0.05) is 25.8 Å². The third kappa shape index (κ3) is 6.62. The number of amides is 3. The minimum Gasteiger partial charge on any atom is -0.495 e. The van der Waals surface area contributed by atoms with E-state index in [2.05, 4.69) is 16.0 Å². The van der Waals surface area contributed by atoms with Crippen LogP contribution in [0.25, 0.3) is 0 Å². The number of hydrogen-bond acceptors (Lipinski definition) is 4. The molecule has 1 aromatic rings. The fraction of sp³-hybridized carbons (Fsp3) is 0.556. The molecule has 25 heavy (non-hydrogen) atoms. The van der Waals surface area contributed by atoms with E-state index in [1.54, 1.807) is 18.2 Å². The first-order chi connectivity index (χ1) is 12.1. The molecule has 0 unspecified atom stereocenters. The zero-order valence-corrected chi connectivity index (χ0v) is 14.9. The van der Waals surface area contributed by atoms with E-state index in [4.69, 9.17) is 9.47 Å². The van der Waals surface area contributed by atoms with Gasteiger partial charge in [-0.25, -0.2) is 4.79 Å². The number of hydrogen-bond donors (Lipinski definition) is 3. The molecule has 1 fully saturated rings. The van der Waals surface area contributed by atoms with Gasteiger partial charge in [0.25, 0.3) is 0 Å². The first-order valence-electron chi connectivity index (χ1n) is 8.70. The number of methoxy groups -OCH3 is 1. The summed E-state index contributed by atoms with van der Waals surface area (Å²) in [7, 11) is 1.52. The van der Waals surface area contributed by atoms with Crippen molar-refractivity contribution in [3.8, 4) is 5.75 Å². The van der Waals surface area contributed by atoms with E-state index in [0.717, 1.165) is 38.7 Å². The van der Waals surface area contributed by atoms with Crippen molar-refractivity contribution in [2.75, 3.05) is 30.9 Å². The van der Waals surface area contributed by atoms with Crippen LogP contribution in [-0.4, -0.2) is 38.3 Å². The molecular weight excluding hydrogens is 322 g/mol. The average molecular weight is 349 g/mol. The molecule has 0 radical (unpaired) electrons. The van der Waals surface area contributed by atoms with Crippen LogP contribution in [0.2, 0.25) is 0 Å². The van der Waals surface area contributed by atoms with Crippen molar-refractivity contribution in [1.82, 2.24) is 5.32 Å². The number of anilines is 2. The lowest BCUT2D eigenvalue weighted by molar-refractivity contribution is -0.114. The molecule has 1 saturated heterocycles. The van der Waals surface area contributed by atoms with Gasteiger partial charge in [-0.15, -0.1) is 0 Å². The Morgan fingerprint density at radius 3 is 2.80 bits per heavy atom. The minimum atomic E-state index is -0.268. The van der Waals surface area contributed by atoms with Gasteiger partial charge in [0.05, 0.1) is 18.9 Å². The number of carbonyl (C=O) groups excluding carboxylic acids is 2. The van der Waals surface area contributed by atoms with E-state index >= 15 is 0 Å². The maximum atomic E-state index is 12.0. The van der Waals surface area contributed by atoms with E-state index in [9.17, 15) is 9.59 Å². The summed E-state index contributed by atoms with van der Waals surface area (Å²) in [4.78, 5) is 23.2. The quantitative estimate of drug-likeness (QED) is 0.629. The third-order valence-corrected chi connectivity index (χ3v) is 4.03. The molecule has 0 spiro atoms. The van der Waals surface area contributed by atoms with Crippen molar-refractivity contribution in [3.05, 3.63) is 18.2 Å². The molecule has 3 N–H and O–H groups in total. The lowest BCUT2D eigenvalue weighted by Gasteiger charge is -2.13. The average Bonchev–Trinajstić information content (AvgIpc) is 3.07. The normalized spacial score (nSPS) is 16.3. The van der Waals surface area contributed by atoms with Crippen molar-refractivity contribution in [3.63, 3.8) is 0 Å². The fourth-order valence-corrected chi connectivity index (χ4v) is 2.82.